The molecule has 0 aromatic heterocycles. The van der Waals surface area contributed by atoms with Crippen LogP contribution in [0.4, 0.5) is 11.4 Å². The number of carbonyl (C=O) groups is 2. The standard InChI is InChI=1S/C34H40N4O7/c1-19(2)38-26-15-31(29(43-6)13-24(26)33(40)37-18-21(4)11-27(37)34(38)41)45-9-7-8-44-30-14-25-23(12-28(30)42-5)32(39)36-17-20(3)10-22(36)16-35-25/h10-16,19,22,27,34,41H,7-9,17-18H2,1-6H3/t22-,27-,34?/m0/s1. The van der Waals surface area contributed by atoms with E-state index in [2.05, 4.69) is 4.99 Å². The number of carbonyl (C=O) groups excluding carboxylic acids is 2. The SMILES string of the molecule is COc1cc2c(cc1OCCCOc1cc3c(cc1OC)C(=O)N1CC(C)=C[C@H]1C(O)N3C(C)C)N=C[C@@H]1C=C(C)CN1C2=O. The van der Waals surface area contributed by atoms with Crippen LogP contribution in [0.2, 0.25) is 0 Å². The predicted molar refractivity (Wildman–Crippen MR) is 171 cm³/mol. The molecule has 0 radical (unpaired) electrons. The average Bonchev–Trinajstić information content (AvgIpc) is 3.55. The second kappa shape index (κ2) is 12.1. The lowest BCUT2D eigenvalue weighted by Crippen LogP contribution is -2.50. The highest BCUT2D eigenvalue weighted by atomic mass is 16.5. The molecule has 4 heterocycles. The molecule has 1 unspecified atom stereocenters. The lowest BCUT2D eigenvalue weighted by atomic mass is 10.1. The van der Waals surface area contributed by atoms with Gasteiger partial charge in [-0.05, 0) is 39.8 Å². The summed E-state index contributed by atoms with van der Waals surface area (Å²) in [7, 11) is 3.08. The maximum Gasteiger partial charge on any atom is 0.257 e. The zero-order valence-corrected chi connectivity index (χ0v) is 26.6. The van der Waals surface area contributed by atoms with Gasteiger partial charge in [-0.1, -0.05) is 23.3 Å². The van der Waals surface area contributed by atoms with E-state index in [1.54, 1.807) is 47.4 Å². The summed E-state index contributed by atoms with van der Waals surface area (Å²) < 4.78 is 23.4. The molecule has 6 rings (SSSR count). The van der Waals surface area contributed by atoms with E-state index in [4.69, 9.17) is 18.9 Å². The number of hydrogen-bond donors (Lipinski definition) is 1. The maximum atomic E-state index is 13.6. The van der Waals surface area contributed by atoms with E-state index in [0.29, 0.717) is 78.2 Å². The molecular formula is C34H40N4O7. The van der Waals surface area contributed by atoms with Crippen molar-refractivity contribution in [2.24, 2.45) is 4.99 Å². The number of benzene rings is 2. The first-order chi connectivity index (χ1) is 21.6. The molecule has 1 N–H and O–H groups in total. The highest BCUT2D eigenvalue weighted by Gasteiger charge is 2.42. The number of anilines is 1. The van der Waals surface area contributed by atoms with Crippen LogP contribution in [0.1, 0.15) is 54.8 Å². The summed E-state index contributed by atoms with van der Waals surface area (Å²) in [6.45, 7) is 9.61. The molecule has 11 heteroatoms. The Morgan fingerprint density at radius 1 is 0.844 bits per heavy atom. The van der Waals surface area contributed by atoms with Gasteiger partial charge < -0.3 is 38.8 Å². The molecule has 0 bridgehead atoms. The van der Waals surface area contributed by atoms with Gasteiger partial charge in [0, 0.05) is 43.9 Å². The molecule has 2 aromatic carbocycles. The predicted octanol–water partition coefficient (Wildman–Crippen LogP) is 4.36. The molecule has 0 spiro atoms. The molecule has 4 aliphatic rings. The summed E-state index contributed by atoms with van der Waals surface area (Å²) >= 11 is 0. The summed E-state index contributed by atoms with van der Waals surface area (Å²) in [5.41, 5.74) is 4.27. The smallest absolute Gasteiger partial charge is 0.257 e. The number of amides is 2. The molecule has 2 amide bonds. The van der Waals surface area contributed by atoms with E-state index in [1.165, 1.54) is 7.11 Å². The van der Waals surface area contributed by atoms with E-state index in [1.807, 2.05) is 44.7 Å². The number of nitrogens with zero attached hydrogens (tertiary/aromatic N) is 4. The van der Waals surface area contributed by atoms with Gasteiger partial charge in [-0.25, -0.2) is 0 Å². The Morgan fingerprint density at radius 2 is 1.44 bits per heavy atom. The monoisotopic (exact) mass is 616 g/mol. The van der Waals surface area contributed by atoms with Crippen molar-refractivity contribution in [3.05, 3.63) is 58.7 Å². The number of ether oxygens (including phenoxy) is 4. The maximum absolute atomic E-state index is 13.6. The molecule has 0 fully saturated rings. The van der Waals surface area contributed by atoms with Crippen molar-refractivity contribution >= 4 is 29.4 Å². The fourth-order valence-corrected chi connectivity index (χ4v) is 6.49. The third kappa shape index (κ3) is 5.50. The lowest BCUT2D eigenvalue weighted by molar-refractivity contribution is 0.0556. The van der Waals surface area contributed by atoms with Crippen LogP contribution in [-0.2, 0) is 0 Å². The summed E-state index contributed by atoms with van der Waals surface area (Å²) in [4.78, 5) is 36.8. The Hall–Kier alpha value is -4.51. The molecule has 238 valence electrons. The van der Waals surface area contributed by atoms with Crippen LogP contribution in [0.5, 0.6) is 23.0 Å². The Labute approximate surface area is 263 Å². The molecular weight excluding hydrogens is 576 g/mol. The van der Waals surface area contributed by atoms with E-state index in [9.17, 15) is 14.7 Å². The number of rotatable bonds is 9. The van der Waals surface area contributed by atoms with Crippen molar-refractivity contribution in [3.8, 4) is 23.0 Å². The van der Waals surface area contributed by atoms with Gasteiger partial charge in [-0.15, -0.1) is 0 Å². The Bertz CT molecular complexity index is 1610. The minimum atomic E-state index is -0.907. The van der Waals surface area contributed by atoms with Gasteiger partial charge >= 0.3 is 0 Å². The first kappa shape index (κ1) is 30.5. The normalized spacial score (nSPS) is 21.9. The van der Waals surface area contributed by atoms with E-state index >= 15 is 0 Å². The van der Waals surface area contributed by atoms with Gasteiger partial charge in [0.1, 0.15) is 0 Å². The number of aliphatic hydroxyl groups excluding tert-OH is 1. The molecule has 3 atom stereocenters. The summed E-state index contributed by atoms with van der Waals surface area (Å²) in [5, 5.41) is 11.4. The topological polar surface area (TPSA) is 113 Å². The van der Waals surface area contributed by atoms with Gasteiger partial charge in [0.05, 0.1) is 62.0 Å². The van der Waals surface area contributed by atoms with Gasteiger partial charge in [-0.2, -0.15) is 0 Å². The first-order valence-corrected chi connectivity index (χ1v) is 15.3. The van der Waals surface area contributed by atoms with Crippen LogP contribution in [0.3, 0.4) is 0 Å². The third-order valence-electron chi connectivity index (χ3n) is 8.61. The van der Waals surface area contributed by atoms with E-state index < -0.39 is 12.3 Å². The molecule has 0 aliphatic carbocycles. The average molecular weight is 617 g/mol. The second-order valence-corrected chi connectivity index (χ2v) is 12.2. The number of hydrogen-bond acceptors (Lipinski definition) is 9. The fraction of sp³-hybridized carbons (Fsp3) is 0.441. The van der Waals surface area contributed by atoms with Crippen molar-refractivity contribution in [2.45, 2.75) is 58.5 Å². The van der Waals surface area contributed by atoms with Crippen LogP contribution in [-0.4, -0.2) is 97.8 Å². The van der Waals surface area contributed by atoms with Crippen molar-refractivity contribution < 1.29 is 33.6 Å². The van der Waals surface area contributed by atoms with Crippen LogP contribution in [0.25, 0.3) is 0 Å². The molecule has 11 nitrogen and oxygen atoms in total. The van der Waals surface area contributed by atoms with E-state index in [-0.39, 0.29) is 23.9 Å². The molecule has 0 saturated carbocycles. The number of aliphatic imine (C=N–C) groups is 1. The van der Waals surface area contributed by atoms with Crippen LogP contribution in [0.15, 0.2) is 52.6 Å². The number of fused-ring (bicyclic) bond motifs is 4. The van der Waals surface area contributed by atoms with Crippen LogP contribution < -0.4 is 23.8 Å². The zero-order chi connectivity index (χ0) is 32.0. The van der Waals surface area contributed by atoms with Gasteiger partial charge in [0.25, 0.3) is 11.8 Å². The zero-order valence-electron chi connectivity index (χ0n) is 26.6. The molecule has 4 aliphatic heterocycles. The van der Waals surface area contributed by atoms with Crippen molar-refractivity contribution in [3.63, 3.8) is 0 Å². The third-order valence-corrected chi connectivity index (χ3v) is 8.61. The summed E-state index contributed by atoms with van der Waals surface area (Å²) in [5.74, 6) is 1.60. The number of methoxy groups -OCH3 is 2. The first-order valence-electron chi connectivity index (χ1n) is 15.3. The summed E-state index contributed by atoms with van der Waals surface area (Å²) in [6, 6.07) is 6.23. The lowest BCUT2D eigenvalue weighted by Gasteiger charge is -2.36. The van der Waals surface area contributed by atoms with Crippen LogP contribution in [0, 0.1) is 0 Å². The largest absolute Gasteiger partial charge is 0.493 e. The van der Waals surface area contributed by atoms with Crippen molar-refractivity contribution in [2.75, 3.05) is 45.4 Å². The Morgan fingerprint density at radius 3 is 2.11 bits per heavy atom. The van der Waals surface area contributed by atoms with Crippen molar-refractivity contribution in [1.82, 2.24) is 9.80 Å². The molecule has 0 saturated heterocycles. The van der Waals surface area contributed by atoms with Gasteiger partial charge in [0.2, 0.25) is 0 Å². The Balaban J connectivity index is 1.16. The highest BCUT2D eigenvalue weighted by Crippen LogP contribution is 2.42. The van der Waals surface area contributed by atoms with E-state index in [0.717, 1.165) is 11.1 Å². The molecule has 45 heavy (non-hydrogen) atoms. The second-order valence-electron chi connectivity index (χ2n) is 12.2. The van der Waals surface area contributed by atoms with Crippen molar-refractivity contribution in [1.29, 1.82) is 0 Å². The van der Waals surface area contributed by atoms with Gasteiger partial charge in [0.15, 0.2) is 29.2 Å². The molecule has 2 aromatic rings. The minimum absolute atomic E-state index is 0.0802. The Kier molecular flexibility index (Phi) is 8.22. The highest BCUT2D eigenvalue weighted by molar-refractivity contribution is 6.04. The summed E-state index contributed by atoms with van der Waals surface area (Å²) in [6.07, 6.45) is 5.41. The number of aliphatic hydroxyl groups is 1. The fourth-order valence-electron chi connectivity index (χ4n) is 6.49. The van der Waals surface area contributed by atoms with Crippen LogP contribution >= 0.6 is 0 Å². The van der Waals surface area contributed by atoms with Gasteiger partial charge in [-0.3, -0.25) is 14.6 Å². The minimum Gasteiger partial charge on any atom is -0.493 e. The quantitative estimate of drug-likeness (QED) is 0.327.